The van der Waals surface area contributed by atoms with Crippen LogP contribution in [0.25, 0.3) is 16.7 Å². The van der Waals surface area contributed by atoms with E-state index in [0.717, 1.165) is 40.2 Å². The Labute approximate surface area is 172 Å². The number of carbonyl (C=O) groups excluding carboxylic acids is 1. The van der Waals surface area contributed by atoms with Crippen LogP contribution >= 0.6 is 0 Å². The lowest BCUT2D eigenvalue weighted by Crippen LogP contribution is -2.13. The van der Waals surface area contributed by atoms with Crippen molar-refractivity contribution in [2.45, 2.75) is 33.1 Å². The molecule has 7 nitrogen and oxygen atoms in total. The van der Waals surface area contributed by atoms with Crippen LogP contribution in [0.15, 0.2) is 42.5 Å². The van der Waals surface area contributed by atoms with E-state index >= 15 is 0 Å². The molecule has 3 aromatic rings. The van der Waals surface area contributed by atoms with Gasteiger partial charge in [0, 0.05) is 17.8 Å². The molecule has 2 N–H and O–H groups in total. The van der Waals surface area contributed by atoms with Gasteiger partial charge in [-0.15, -0.1) is 0 Å². The van der Waals surface area contributed by atoms with Crippen LogP contribution in [0.5, 0.6) is 0 Å². The van der Waals surface area contributed by atoms with E-state index < -0.39 is 11.1 Å². The quantitative estimate of drug-likeness (QED) is 0.429. The second kappa shape index (κ2) is 9.19. The van der Waals surface area contributed by atoms with Gasteiger partial charge in [0.1, 0.15) is 11.7 Å². The van der Waals surface area contributed by atoms with Crippen molar-refractivity contribution in [2.75, 3.05) is 17.8 Å². The maximum absolute atomic E-state index is 12.0. The van der Waals surface area contributed by atoms with E-state index in [0.29, 0.717) is 6.61 Å². The molecule has 0 saturated heterocycles. The zero-order valence-corrected chi connectivity index (χ0v) is 17.5. The van der Waals surface area contributed by atoms with Gasteiger partial charge in [-0.05, 0) is 49.7 Å². The fourth-order valence-corrected chi connectivity index (χ4v) is 3.52. The summed E-state index contributed by atoms with van der Waals surface area (Å²) in [6.45, 7) is 6.05. The molecule has 0 fully saturated rings. The summed E-state index contributed by atoms with van der Waals surface area (Å²) in [5, 5.41) is 2.92. The van der Waals surface area contributed by atoms with Crippen molar-refractivity contribution < 1.29 is 18.3 Å². The van der Waals surface area contributed by atoms with Crippen LogP contribution in [0.3, 0.4) is 0 Å². The first-order valence-electron chi connectivity index (χ1n) is 9.54. The lowest BCUT2D eigenvalue weighted by atomic mass is 10.0. The number of esters is 1. The molecule has 2 unspecified atom stereocenters. The fraction of sp³-hybridized carbons (Fsp3) is 0.333. The van der Waals surface area contributed by atoms with Crippen LogP contribution in [-0.4, -0.2) is 36.8 Å². The van der Waals surface area contributed by atoms with Crippen molar-refractivity contribution in [3.63, 3.8) is 0 Å². The van der Waals surface area contributed by atoms with Gasteiger partial charge >= 0.3 is 5.97 Å². The highest BCUT2D eigenvalue weighted by Gasteiger charge is 2.17. The van der Waals surface area contributed by atoms with Crippen molar-refractivity contribution in [1.82, 2.24) is 9.55 Å². The Morgan fingerprint density at radius 2 is 1.97 bits per heavy atom. The minimum absolute atomic E-state index is 0.0348. The zero-order valence-electron chi connectivity index (χ0n) is 16.7. The number of aromatic nitrogens is 2. The van der Waals surface area contributed by atoms with Gasteiger partial charge in [-0.2, -0.15) is 0 Å². The molecular formula is C21H25N3O4S. The first-order chi connectivity index (χ1) is 13.9. The van der Waals surface area contributed by atoms with E-state index in [4.69, 9.17) is 14.3 Å². The summed E-state index contributed by atoms with van der Waals surface area (Å²) in [6, 6.07) is 13.5. The third-order valence-electron chi connectivity index (χ3n) is 4.73. The molecule has 0 aliphatic rings. The largest absolute Gasteiger partial charge is 0.466 e. The molecule has 0 bridgehead atoms. The number of nitrogens with one attached hydrogen (secondary N) is 1. The molecule has 0 aliphatic heterocycles. The van der Waals surface area contributed by atoms with Crippen molar-refractivity contribution in [1.29, 1.82) is 0 Å². The summed E-state index contributed by atoms with van der Waals surface area (Å²) in [6.07, 6.45) is 0.749. The highest BCUT2D eigenvalue weighted by molar-refractivity contribution is 7.79. The second-order valence-corrected chi connectivity index (χ2v) is 7.56. The number of ether oxygens (including phenoxy) is 1. The zero-order chi connectivity index (χ0) is 21.0. The monoisotopic (exact) mass is 415 g/mol. The van der Waals surface area contributed by atoms with Gasteiger partial charge in [0.05, 0.1) is 23.6 Å². The number of anilines is 1. The van der Waals surface area contributed by atoms with Crippen LogP contribution < -0.4 is 5.32 Å². The Morgan fingerprint density at radius 1 is 1.24 bits per heavy atom. The predicted molar refractivity (Wildman–Crippen MR) is 115 cm³/mol. The van der Waals surface area contributed by atoms with Crippen molar-refractivity contribution >= 4 is 33.8 Å². The summed E-state index contributed by atoms with van der Waals surface area (Å²) in [4.78, 5) is 16.7. The average Bonchev–Trinajstić information content (AvgIpc) is 3.09. The summed E-state index contributed by atoms with van der Waals surface area (Å²) in [5.74, 6) is 0.327. The third-order valence-corrected chi connectivity index (χ3v) is 5.12. The summed E-state index contributed by atoms with van der Waals surface area (Å²) < 4.78 is 27.0. The van der Waals surface area contributed by atoms with Gasteiger partial charge in [0.25, 0.3) is 0 Å². The molecule has 0 aliphatic carbocycles. The first-order valence-corrected chi connectivity index (χ1v) is 10.8. The molecule has 29 heavy (non-hydrogen) atoms. The van der Waals surface area contributed by atoms with Crippen LogP contribution in [0.4, 0.5) is 5.69 Å². The Balaban J connectivity index is 1.94. The Hall–Kier alpha value is -2.71. The van der Waals surface area contributed by atoms with Gasteiger partial charge in [0.2, 0.25) is 0 Å². The van der Waals surface area contributed by atoms with E-state index in [2.05, 4.69) is 9.88 Å². The standard InChI is InChI=1S/C21H25N3O4S/c1-4-20-23-18-12-16(22-13-29(26)27)8-11-19(18)24(20)17-9-6-15(7-10-17)14(3)21(25)28-5-2/h6-12,14,22H,4-5,13H2,1-3H3,(H,26,27). The molecule has 8 heteroatoms. The van der Waals surface area contributed by atoms with Gasteiger partial charge in [-0.25, -0.2) is 9.19 Å². The summed E-state index contributed by atoms with van der Waals surface area (Å²) >= 11 is -1.91. The minimum Gasteiger partial charge on any atom is -0.466 e. The molecule has 1 aromatic heterocycles. The van der Waals surface area contributed by atoms with Crippen LogP contribution in [0.2, 0.25) is 0 Å². The number of hydrogen-bond acceptors (Lipinski definition) is 5. The van der Waals surface area contributed by atoms with Crippen molar-refractivity contribution in [2.24, 2.45) is 0 Å². The highest BCUT2D eigenvalue weighted by Crippen LogP contribution is 2.26. The summed E-state index contributed by atoms with van der Waals surface area (Å²) in [7, 11) is 0. The average molecular weight is 416 g/mol. The maximum Gasteiger partial charge on any atom is 0.313 e. The van der Waals surface area contributed by atoms with Crippen molar-refractivity contribution in [3.05, 3.63) is 53.9 Å². The summed E-state index contributed by atoms with van der Waals surface area (Å²) in [5.41, 5.74) is 4.36. The van der Waals surface area contributed by atoms with Gasteiger partial charge in [-0.3, -0.25) is 9.36 Å². The molecule has 1 heterocycles. The Kier molecular flexibility index (Phi) is 6.66. The lowest BCUT2D eigenvalue weighted by molar-refractivity contribution is -0.144. The number of fused-ring (bicyclic) bond motifs is 1. The topological polar surface area (TPSA) is 93.5 Å². The molecule has 2 atom stereocenters. The van der Waals surface area contributed by atoms with Crippen LogP contribution in [0.1, 0.15) is 38.1 Å². The SMILES string of the molecule is CCOC(=O)C(C)c1ccc(-n2c(CC)nc3cc(NCS(=O)O)ccc32)cc1. The molecule has 0 spiro atoms. The smallest absolute Gasteiger partial charge is 0.313 e. The molecule has 0 saturated carbocycles. The third kappa shape index (κ3) is 4.65. The molecule has 3 rings (SSSR count). The lowest BCUT2D eigenvalue weighted by Gasteiger charge is -2.13. The van der Waals surface area contributed by atoms with Gasteiger partial charge < -0.3 is 14.6 Å². The number of aryl methyl sites for hydroxylation is 1. The molecule has 0 amide bonds. The number of hydrogen-bond donors (Lipinski definition) is 2. The fourth-order valence-electron chi connectivity index (χ4n) is 3.23. The molecule has 154 valence electrons. The predicted octanol–water partition coefficient (Wildman–Crippen LogP) is 3.85. The normalized spacial score (nSPS) is 13.2. The second-order valence-electron chi connectivity index (χ2n) is 6.63. The van der Waals surface area contributed by atoms with Crippen molar-refractivity contribution in [3.8, 4) is 5.69 Å². The van der Waals surface area contributed by atoms with E-state index in [-0.39, 0.29) is 17.8 Å². The number of carbonyl (C=O) groups is 1. The molecule has 2 aromatic carbocycles. The van der Waals surface area contributed by atoms with E-state index in [1.54, 1.807) is 6.92 Å². The Morgan fingerprint density at radius 3 is 2.59 bits per heavy atom. The van der Waals surface area contributed by atoms with Gasteiger partial charge in [0.15, 0.2) is 11.1 Å². The highest BCUT2D eigenvalue weighted by atomic mass is 32.2. The first kappa shape index (κ1) is 21.0. The van der Waals surface area contributed by atoms with E-state index in [9.17, 15) is 9.00 Å². The van der Waals surface area contributed by atoms with E-state index in [1.165, 1.54) is 0 Å². The number of nitrogens with zero attached hydrogens (tertiary/aromatic N) is 2. The van der Waals surface area contributed by atoms with Crippen LogP contribution in [0, 0.1) is 0 Å². The van der Waals surface area contributed by atoms with E-state index in [1.807, 2.05) is 56.3 Å². The van der Waals surface area contributed by atoms with Gasteiger partial charge in [-0.1, -0.05) is 19.1 Å². The number of rotatable bonds is 8. The molecular weight excluding hydrogens is 390 g/mol. The molecule has 0 radical (unpaired) electrons. The number of benzene rings is 2. The van der Waals surface area contributed by atoms with Crippen LogP contribution in [-0.2, 0) is 27.0 Å². The minimum atomic E-state index is -1.91. The maximum atomic E-state index is 12.0. The Bertz CT molecular complexity index is 1030. The number of imidazole rings is 1.